The Morgan fingerprint density at radius 3 is 2.87 bits per heavy atom. The Bertz CT molecular complexity index is 224. The van der Waals surface area contributed by atoms with E-state index in [2.05, 4.69) is 17.1 Å². The van der Waals surface area contributed by atoms with E-state index in [1.165, 1.54) is 25.7 Å². The molecule has 2 rings (SSSR count). The van der Waals surface area contributed by atoms with E-state index < -0.39 is 0 Å². The van der Waals surface area contributed by atoms with Gasteiger partial charge < -0.3 is 10.2 Å². The molecule has 2 atom stereocenters. The molecule has 0 spiro atoms. The average Bonchev–Trinajstić information content (AvgIpc) is 2.68. The van der Waals surface area contributed by atoms with E-state index in [-0.39, 0.29) is 5.92 Å². The summed E-state index contributed by atoms with van der Waals surface area (Å²) in [6, 6.07) is 0.459. The van der Waals surface area contributed by atoms with Gasteiger partial charge in [-0.05, 0) is 32.7 Å². The highest BCUT2D eigenvalue weighted by Crippen LogP contribution is 2.20. The van der Waals surface area contributed by atoms with Crippen LogP contribution < -0.4 is 5.32 Å². The van der Waals surface area contributed by atoms with Crippen molar-refractivity contribution in [2.75, 3.05) is 19.6 Å². The van der Waals surface area contributed by atoms with Crippen LogP contribution in [0.1, 0.15) is 39.0 Å². The molecule has 3 nitrogen and oxygen atoms in total. The lowest BCUT2D eigenvalue weighted by molar-refractivity contribution is -0.136. The largest absolute Gasteiger partial charge is 0.340 e. The molecule has 0 radical (unpaired) electrons. The maximum atomic E-state index is 12.2. The fourth-order valence-electron chi connectivity index (χ4n) is 2.70. The second-order valence-corrected chi connectivity index (χ2v) is 4.92. The van der Waals surface area contributed by atoms with Crippen LogP contribution in [-0.4, -0.2) is 36.5 Å². The van der Waals surface area contributed by atoms with Gasteiger partial charge in [0, 0.05) is 19.1 Å². The molecule has 3 heteroatoms. The molecule has 2 heterocycles. The Labute approximate surface area is 92.2 Å². The fourth-order valence-corrected chi connectivity index (χ4v) is 2.70. The van der Waals surface area contributed by atoms with Gasteiger partial charge in [-0.15, -0.1) is 0 Å². The minimum absolute atomic E-state index is 0.255. The summed E-state index contributed by atoms with van der Waals surface area (Å²) < 4.78 is 0. The van der Waals surface area contributed by atoms with Crippen molar-refractivity contribution in [1.29, 1.82) is 0 Å². The molecule has 1 N–H and O–H groups in total. The quantitative estimate of drug-likeness (QED) is 0.709. The summed E-state index contributed by atoms with van der Waals surface area (Å²) in [5, 5.41) is 3.28. The molecule has 0 aliphatic carbocycles. The van der Waals surface area contributed by atoms with E-state index >= 15 is 0 Å². The molecule has 2 aliphatic rings. The summed E-state index contributed by atoms with van der Waals surface area (Å²) >= 11 is 0. The topological polar surface area (TPSA) is 32.3 Å². The lowest BCUT2D eigenvalue weighted by Gasteiger charge is -2.29. The van der Waals surface area contributed by atoms with Gasteiger partial charge in [-0.1, -0.05) is 12.8 Å². The van der Waals surface area contributed by atoms with E-state index in [4.69, 9.17) is 0 Å². The first-order valence-electron chi connectivity index (χ1n) is 6.30. The van der Waals surface area contributed by atoms with Gasteiger partial charge in [-0.25, -0.2) is 0 Å². The summed E-state index contributed by atoms with van der Waals surface area (Å²) in [5.41, 5.74) is 0. The molecule has 2 aliphatic heterocycles. The number of nitrogens with one attached hydrogen (secondary N) is 1. The molecular weight excluding hydrogens is 188 g/mol. The number of hydrogen-bond donors (Lipinski definition) is 1. The lowest BCUT2D eigenvalue weighted by atomic mass is 10.1. The first-order valence-corrected chi connectivity index (χ1v) is 6.30. The van der Waals surface area contributed by atoms with Crippen LogP contribution in [0.25, 0.3) is 0 Å². The normalized spacial score (nSPS) is 32.7. The predicted octanol–water partition coefficient (Wildman–Crippen LogP) is 1.39. The molecule has 86 valence electrons. The number of likely N-dealkylation sites (tertiary alicyclic amines) is 1. The van der Waals surface area contributed by atoms with E-state index in [0.717, 1.165) is 26.1 Å². The van der Waals surface area contributed by atoms with Crippen LogP contribution in [0, 0.1) is 5.92 Å². The van der Waals surface area contributed by atoms with Crippen LogP contribution in [0.4, 0.5) is 0 Å². The number of amides is 1. The third-order valence-electron chi connectivity index (χ3n) is 3.75. The van der Waals surface area contributed by atoms with Gasteiger partial charge in [-0.2, -0.15) is 0 Å². The number of rotatable bonds is 1. The van der Waals surface area contributed by atoms with Crippen molar-refractivity contribution < 1.29 is 4.79 Å². The maximum absolute atomic E-state index is 12.2. The Hall–Kier alpha value is -0.570. The minimum atomic E-state index is 0.255. The van der Waals surface area contributed by atoms with Crippen molar-refractivity contribution in [2.45, 2.75) is 45.1 Å². The third kappa shape index (κ3) is 2.51. The summed E-state index contributed by atoms with van der Waals surface area (Å²) in [5.74, 6) is 0.653. The van der Waals surface area contributed by atoms with Crippen LogP contribution >= 0.6 is 0 Å². The molecular formula is C12H22N2O. The zero-order chi connectivity index (χ0) is 10.7. The zero-order valence-electron chi connectivity index (χ0n) is 9.67. The minimum Gasteiger partial charge on any atom is -0.340 e. The Morgan fingerprint density at radius 1 is 1.27 bits per heavy atom. The highest BCUT2D eigenvalue weighted by atomic mass is 16.2. The van der Waals surface area contributed by atoms with Crippen LogP contribution in [0.3, 0.4) is 0 Å². The number of carbonyl (C=O) groups excluding carboxylic acids is 1. The Kier molecular flexibility index (Phi) is 3.62. The number of nitrogens with zero attached hydrogens (tertiary/aromatic N) is 1. The predicted molar refractivity (Wildman–Crippen MR) is 60.6 cm³/mol. The molecule has 15 heavy (non-hydrogen) atoms. The van der Waals surface area contributed by atoms with E-state index in [9.17, 15) is 4.79 Å². The number of carbonyl (C=O) groups is 1. The molecule has 0 aromatic carbocycles. The van der Waals surface area contributed by atoms with Crippen molar-refractivity contribution in [3.8, 4) is 0 Å². The first kappa shape index (κ1) is 10.9. The van der Waals surface area contributed by atoms with E-state index in [1.807, 2.05) is 0 Å². The van der Waals surface area contributed by atoms with E-state index in [1.54, 1.807) is 0 Å². The van der Waals surface area contributed by atoms with Crippen molar-refractivity contribution in [3.63, 3.8) is 0 Å². The highest BCUT2D eigenvalue weighted by molar-refractivity contribution is 5.79. The molecule has 2 saturated heterocycles. The van der Waals surface area contributed by atoms with Gasteiger partial charge in [-0.3, -0.25) is 4.79 Å². The first-order chi connectivity index (χ1) is 7.29. The second-order valence-electron chi connectivity index (χ2n) is 4.92. The molecule has 2 unspecified atom stereocenters. The summed E-state index contributed by atoms with van der Waals surface area (Å²) in [7, 11) is 0. The van der Waals surface area contributed by atoms with Crippen LogP contribution in [0.5, 0.6) is 0 Å². The Morgan fingerprint density at radius 2 is 2.13 bits per heavy atom. The molecule has 0 aromatic rings. The van der Waals surface area contributed by atoms with Crippen molar-refractivity contribution >= 4 is 5.91 Å². The molecule has 2 fully saturated rings. The average molecular weight is 210 g/mol. The van der Waals surface area contributed by atoms with Crippen molar-refractivity contribution in [1.82, 2.24) is 10.2 Å². The van der Waals surface area contributed by atoms with Crippen LogP contribution in [0.2, 0.25) is 0 Å². The molecule has 1 amide bonds. The lowest BCUT2D eigenvalue weighted by Crippen LogP contribution is -2.42. The second kappa shape index (κ2) is 4.97. The highest BCUT2D eigenvalue weighted by Gasteiger charge is 2.30. The van der Waals surface area contributed by atoms with E-state index in [0.29, 0.717) is 11.9 Å². The van der Waals surface area contributed by atoms with Gasteiger partial charge in [0.2, 0.25) is 5.91 Å². The summed E-state index contributed by atoms with van der Waals surface area (Å²) in [6.45, 7) is 5.09. The maximum Gasteiger partial charge on any atom is 0.227 e. The van der Waals surface area contributed by atoms with Gasteiger partial charge >= 0.3 is 0 Å². The standard InChI is InChI=1S/C12H22N2O/c1-10-5-3-2-4-8-14(10)12(15)11-6-7-13-9-11/h10-11,13H,2-9H2,1H3. The van der Waals surface area contributed by atoms with Gasteiger partial charge in [0.05, 0.1) is 5.92 Å². The third-order valence-corrected chi connectivity index (χ3v) is 3.75. The smallest absolute Gasteiger partial charge is 0.227 e. The van der Waals surface area contributed by atoms with Gasteiger partial charge in [0.25, 0.3) is 0 Å². The van der Waals surface area contributed by atoms with Crippen LogP contribution in [0.15, 0.2) is 0 Å². The SMILES string of the molecule is CC1CCCCCN1C(=O)C1CCNC1. The Balaban J connectivity index is 1.96. The summed E-state index contributed by atoms with van der Waals surface area (Å²) in [6.07, 6.45) is 5.98. The van der Waals surface area contributed by atoms with Crippen molar-refractivity contribution in [2.24, 2.45) is 5.92 Å². The van der Waals surface area contributed by atoms with Gasteiger partial charge in [0.1, 0.15) is 0 Å². The molecule has 0 bridgehead atoms. The van der Waals surface area contributed by atoms with Crippen molar-refractivity contribution in [3.05, 3.63) is 0 Å². The van der Waals surface area contributed by atoms with Gasteiger partial charge in [0.15, 0.2) is 0 Å². The molecule has 0 aromatic heterocycles. The monoisotopic (exact) mass is 210 g/mol. The zero-order valence-corrected chi connectivity index (χ0v) is 9.67. The number of hydrogen-bond acceptors (Lipinski definition) is 2. The summed E-state index contributed by atoms with van der Waals surface area (Å²) in [4.78, 5) is 14.4. The fraction of sp³-hybridized carbons (Fsp3) is 0.917. The molecule has 0 saturated carbocycles. The van der Waals surface area contributed by atoms with Crippen LogP contribution in [-0.2, 0) is 4.79 Å².